The third-order valence-electron chi connectivity index (χ3n) is 9.24. The average molecular weight is 597 g/mol. The highest BCUT2D eigenvalue weighted by Gasteiger charge is 2.28. The van der Waals surface area contributed by atoms with Crippen molar-refractivity contribution in [3.63, 3.8) is 0 Å². The summed E-state index contributed by atoms with van der Waals surface area (Å²) in [6, 6.07) is 15.7. The number of anilines is 2. The van der Waals surface area contributed by atoms with Crippen molar-refractivity contribution in [3.8, 4) is 23.1 Å². The van der Waals surface area contributed by atoms with Crippen LogP contribution < -0.4 is 15.4 Å². The average Bonchev–Trinajstić information content (AvgIpc) is 3.06. The fraction of sp³-hybridized carbons (Fsp3) is 0.471. The van der Waals surface area contributed by atoms with Gasteiger partial charge in [-0.05, 0) is 85.9 Å². The molecule has 0 atom stereocenters. The molecule has 44 heavy (non-hydrogen) atoms. The van der Waals surface area contributed by atoms with Crippen LogP contribution >= 0.6 is 0 Å². The predicted octanol–water partition coefficient (Wildman–Crippen LogP) is 4.30. The van der Waals surface area contributed by atoms with Crippen LogP contribution in [-0.2, 0) is 29.0 Å². The SMILES string of the molecule is N#Cc1ccc(COc2ccc3c(c2)CCc2c-3nc(N)nc2N2CCN(CCOC[C@H]3CC[C@H](C(=O)O)CC3)CC2)cc1. The van der Waals surface area contributed by atoms with Gasteiger partial charge in [0.05, 0.1) is 29.9 Å². The molecule has 2 fully saturated rings. The number of hydrogen-bond donors (Lipinski definition) is 2. The normalized spacial score (nSPS) is 19.9. The summed E-state index contributed by atoms with van der Waals surface area (Å²) in [4.78, 5) is 25.3. The molecule has 1 aliphatic heterocycles. The number of aliphatic carboxylic acids is 1. The zero-order valence-electron chi connectivity index (χ0n) is 25.1. The third-order valence-corrected chi connectivity index (χ3v) is 9.24. The molecule has 1 aromatic heterocycles. The van der Waals surface area contributed by atoms with Crippen LogP contribution in [0.5, 0.6) is 5.75 Å². The summed E-state index contributed by atoms with van der Waals surface area (Å²) in [5, 5.41) is 18.2. The Labute approximate surface area is 258 Å². The first kappa shape index (κ1) is 29.9. The molecule has 1 saturated heterocycles. The number of hydrogen-bond acceptors (Lipinski definition) is 9. The Hall–Kier alpha value is -4.20. The highest BCUT2D eigenvalue weighted by Crippen LogP contribution is 2.38. The highest BCUT2D eigenvalue weighted by atomic mass is 16.5. The first-order valence-corrected chi connectivity index (χ1v) is 15.7. The van der Waals surface area contributed by atoms with Gasteiger partial charge < -0.3 is 25.2 Å². The molecule has 2 aromatic carbocycles. The monoisotopic (exact) mass is 596 g/mol. The molecule has 3 N–H and O–H groups in total. The van der Waals surface area contributed by atoms with Crippen molar-refractivity contribution in [2.45, 2.75) is 45.1 Å². The second kappa shape index (κ2) is 13.6. The maximum atomic E-state index is 11.2. The van der Waals surface area contributed by atoms with E-state index in [9.17, 15) is 9.90 Å². The maximum Gasteiger partial charge on any atom is 0.306 e. The molecule has 10 heteroatoms. The number of nitrogens with two attached hydrogens (primary N) is 1. The lowest BCUT2D eigenvalue weighted by Crippen LogP contribution is -2.48. The predicted molar refractivity (Wildman–Crippen MR) is 167 cm³/mol. The molecule has 0 spiro atoms. The number of ether oxygens (including phenoxy) is 2. The second-order valence-electron chi connectivity index (χ2n) is 12.1. The van der Waals surface area contributed by atoms with E-state index in [-0.39, 0.29) is 5.92 Å². The van der Waals surface area contributed by atoms with E-state index < -0.39 is 5.97 Å². The lowest BCUT2D eigenvalue weighted by atomic mass is 9.82. The molecule has 3 aliphatic rings. The van der Waals surface area contributed by atoms with Crippen LogP contribution in [0.4, 0.5) is 11.8 Å². The number of nitrogen functional groups attached to an aromatic ring is 1. The van der Waals surface area contributed by atoms with Gasteiger partial charge in [-0.2, -0.15) is 10.2 Å². The Morgan fingerprint density at radius 3 is 2.52 bits per heavy atom. The van der Waals surface area contributed by atoms with Crippen LogP contribution in [0.3, 0.4) is 0 Å². The van der Waals surface area contributed by atoms with Gasteiger partial charge in [0.25, 0.3) is 0 Å². The minimum atomic E-state index is -0.657. The Balaban J connectivity index is 1.02. The van der Waals surface area contributed by atoms with Crippen LogP contribution in [0.1, 0.15) is 47.9 Å². The first-order chi connectivity index (χ1) is 21.5. The molecule has 230 valence electrons. The minimum Gasteiger partial charge on any atom is -0.489 e. The van der Waals surface area contributed by atoms with Crippen molar-refractivity contribution >= 4 is 17.7 Å². The molecule has 10 nitrogen and oxygen atoms in total. The van der Waals surface area contributed by atoms with E-state index in [1.165, 1.54) is 5.56 Å². The number of carbonyl (C=O) groups is 1. The summed E-state index contributed by atoms with van der Waals surface area (Å²) < 4.78 is 12.1. The molecule has 0 radical (unpaired) electrons. The van der Waals surface area contributed by atoms with Crippen molar-refractivity contribution < 1.29 is 19.4 Å². The summed E-state index contributed by atoms with van der Waals surface area (Å²) in [5.74, 6) is 1.70. The minimum absolute atomic E-state index is 0.174. The summed E-state index contributed by atoms with van der Waals surface area (Å²) in [6.45, 7) is 6.37. The first-order valence-electron chi connectivity index (χ1n) is 15.7. The van der Waals surface area contributed by atoms with Crippen LogP contribution in [0.25, 0.3) is 11.3 Å². The summed E-state index contributed by atoms with van der Waals surface area (Å²) in [6.07, 6.45) is 5.16. The van der Waals surface area contributed by atoms with Gasteiger partial charge in [0.1, 0.15) is 18.2 Å². The van der Waals surface area contributed by atoms with E-state index in [0.29, 0.717) is 30.6 Å². The van der Waals surface area contributed by atoms with E-state index in [0.717, 1.165) is 112 Å². The number of nitriles is 1. The number of benzene rings is 2. The molecular formula is C34H40N6O4. The number of carboxylic acid groups (broad SMARTS) is 1. The van der Waals surface area contributed by atoms with Crippen molar-refractivity contribution in [3.05, 3.63) is 64.7 Å². The maximum absolute atomic E-state index is 11.2. The van der Waals surface area contributed by atoms with Crippen molar-refractivity contribution in [1.29, 1.82) is 5.26 Å². The van der Waals surface area contributed by atoms with Gasteiger partial charge in [-0.25, -0.2) is 4.98 Å². The van der Waals surface area contributed by atoms with Crippen molar-refractivity contribution in [1.82, 2.24) is 14.9 Å². The molecule has 2 aliphatic carbocycles. The van der Waals surface area contributed by atoms with E-state index >= 15 is 0 Å². The fourth-order valence-corrected chi connectivity index (χ4v) is 6.61. The molecule has 0 amide bonds. The number of rotatable bonds is 10. The van der Waals surface area contributed by atoms with Crippen LogP contribution in [-0.4, -0.2) is 71.9 Å². The van der Waals surface area contributed by atoms with Gasteiger partial charge in [0.2, 0.25) is 5.95 Å². The lowest BCUT2D eigenvalue weighted by Gasteiger charge is -2.37. The molecule has 0 bridgehead atoms. The topological polar surface area (TPSA) is 138 Å². The summed E-state index contributed by atoms with van der Waals surface area (Å²) >= 11 is 0. The zero-order valence-corrected chi connectivity index (χ0v) is 25.1. The van der Waals surface area contributed by atoms with Crippen molar-refractivity contribution in [2.75, 3.05) is 56.6 Å². The number of carboxylic acids is 1. The summed E-state index contributed by atoms with van der Waals surface area (Å²) in [7, 11) is 0. The van der Waals surface area contributed by atoms with E-state index in [4.69, 9.17) is 25.5 Å². The smallest absolute Gasteiger partial charge is 0.306 e. The Kier molecular flexibility index (Phi) is 9.24. The number of piperazine rings is 1. The quantitative estimate of drug-likeness (QED) is 0.326. The van der Waals surface area contributed by atoms with Gasteiger partial charge in [0, 0.05) is 50.5 Å². The molecule has 0 unspecified atom stereocenters. The van der Waals surface area contributed by atoms with E-state index in [2.05, 4.69) is 33.0 Å². The Morgan fingerprint density at radius 1 is 1.02 bits per heavy atom. The van der Waals surface area contributed by atoms with Gasteiger partial charge in [-0.1, -0.05) is 12.1 Å². The Bertz CT molecular complexity index is 1510. The number of fused-ring (bicyclic) bond motifs is 3. The summed E-state index contributed by atoms with van der Waals surface area (Å²) in [5.41, 5.74) is 12.3. The lowest BCUT2D eigenvalue weighted by molar-refractivity contribution is -0.143. The van der Waals surface area contributed by atoms with Gasteiger partial charge in [0.15, 0.2) is 0 Å². The molecule has 1 saturated carbocycles. The van der Waals surface area contributed by atoms with E-state index in [1.54, 1.807) is 12.1 Å². The molecule has 3 aromatic rings. The van der Waals surface area contributed by atoms with Crippen LogP contribution in [0.2, 0.25) is 0 Å². The van der Waals surface area contributed by atoms with Crippen LogP contribution in [0.15, 0.2) is 42.5 Å². The second-order valence-corrected chi connectivity index (χ2v) is 12.1. The largest absolute Gasteiger partial charge is 0.489 e. The number of nitrogens with zero attached hydrogens (tertiary/aromatic N) is 5. The molecule has 2 heterocycles. The van der Waals surface area contributed by atoms with Gasteiger partial charge >= 0.3 is 5.97 Å². The number of aryl methyl sites for hydroxylation is 1. The standard InChI is InChI=1S/C34H40N6O4/c35-20-23-1-3-25(4-2-23)22-44-28-10-12-29-27(19-28)9-11-30-31(29)37-34(36)38-32(30)40-15-13-39(14-16-40)17-18-43-21-24-5-7-26(8-6-24)33(41)42/h1-4,10,12,19,24,26H,5-9,11,13-18,21-22H2,(H,41,42)(H2,36,37,38)/t24-,26-. The van der Waals surface area contributed by atoms with Crippen molar-refractivity contribution in [2.24, 2.45) is 11.8 Å². The highest BCUT2D eigenvalue weighted by molar-refractivity contribution is 5.76. The molecule has 6 rings (SSSR count). The van der Waals surface area contributed by atoms with Crippen LogP contribution in [0, 0.1) is 23.2 Å². The zero-order chi connectivity index (χ0) is 30.5. The van der Waals surface area contributed by atoms with Gasteiger partial charge in [-0.3, -0.25) is 9.69 Å². The van der Waals surface area contributed by atoms with E-state index in [1.807, 2.05) is 18.2 Å². The third kappa shape index (κ3) is 6.95. The number of aromatic nitrogens is 2. The fourth-order valence-electron chi connectivity index (χ4n) is 6.61. The molecular weight excluding hydrogens is 556 g/mol. The Morgan fingerprint density at radius 2 is 1.80 bits per heavy atom. The van der Waals surface area contributed by atoms with Gasteiger partial charge in [-0.15, -0.1) is 0 Å².